The number of nitrogens with zero attached hydrogens (tertiary/aromatic N) is 3. The molecule has 2 aromatic heterocycles. The van der Waals surface area contributed by atoms with Crippen LogP contribution >= 0.6 is 0 Å². The molecule has 0 aliphatic heterocycles. The fraction of sp³-hybridized carbons (Fsp3) is 0.235. The molecule has 0 spiro atoms. The summed E-state index contributed by atoms with van der Waals surface area (Å²) in [5, 5.41) is 9.40. The zero-order valence-corrected chi connectivity index (χ0v) is 13.3. The number of hydrogen-bond acceptors (Lipinski definition) is 4. The van der Waals surface area contributed by atoms with E-state index in [1.54, 1.807) is 7.11 Å². The minimum atomic E-state index is -0.152. The summed E-state index contributed by atoms with van der Waals surface area (Å²) in [6, 6.07) is 13.7. The number of carbonyl (C=O) groups is 1. The number of anilines is 1. The summed E-state index contributed by atoms with van der Waals surface area (Å²) in [4.78, 5) is 16.6. The third kappa shape index (κ3) is 3.88. The van der Waals surface area contributed by atoms with Gasteiger partial charge in [0, 0.05) is 19.5 Å². The van der Waals surface area contributed by atoms with Crippen molar-refractivity contribution in [1.82, 2.24) is 19.7 Å². The van der Waals surface area contributed by atoms with Crippen molar-refractivity contribution in [2.24, 2.45) is 0 Å². The van der Waals surface area contributed by atoms with Gasteiger partial charge < -0.3 is 9.30 Å². The van der Waals surface area contributed by atoms with Gasteiger partial charge in [0.25, 0.3) is 0 Å². The number of H-pyrrole nitrogens is 1. The predicted molar refractivity (Wildman–Crippen MR) is 89.4 cm³/mol. The average molecular weight is 325 g/mol. The topological polar surface area (TPSA) is 84.8 Å². The quantitative estimate of drug-likeness (QED) is 0.698. The molecular formula is C17H19N5O2. The second-order valence-corrected chi connectivity index (χ2v) is 5.35. The van der Waals surface area contributed by atoms with Crippen molar-refractivity contribution in [3.8, 4) is 0 Å². The monoisotopic (exact) mass is 325 g/mol. The molecule has 0 radical (unpaired) electrons. The number of amides is 1. The molecule has 0 saturated carbocycles. The Morgan fingerprint density at radius 1 is 1.25 bits per heavy atom. The Kier molecular flexibility index (Phi) is 5.02. The number of ether oxygens (including phenoxy) is 1. The molecule has 1 atom stereocenters. The van der Waals surface area contributed by atoms with Gasteiger partial charge in [-0.25, -0.2) is 0 Å². The highest BCUT2D eigenvalue weighted by Gasteiger charge is 2.18. The second-order valence-electron chi connectivity index (χ2n) is 5.35. The molecule has 3 rings (SSSR count). The van der Waals surface area contributed by atoms with Crippen LogP contribution in [0.5, 0.6) is 0 Å². The lowest BCUT2D eigenvalue weighted by atomic mass is 10.0. The van der Waals surface area contributed by atoms with Crippen LogP contribution in [0, 0.1) is 0 Å². The SMILES string of the molecule is COCc1nc(NC(=O)CC(c2ccccc2)n2cccc2)n[nH]1. The summed E-state index contributed by atoms with van der Waals surface area (Å²) in [6.07, 6.45) is 4.19. The van der Waals surface area contributed by atoms with Crippen LogP contribution in [-0.2, 0) is 16.1 Å². The van der Waals surface area contributed by atoms with Crippen LogP contribution in [0.1, 0.15) is 23.9 Å². The van der Waals surface area contributed by atoms with E-state index >= 15 is 0 Å². The first kappa shape index (κ1) is 15.9. The number of methoxy groups -OCH3 is 1. The van der Waals surface area contributed by atoms with Gasteiger partial charge in [-0.2, -0.15) is 4.98 Å². The summed E-state index contributed by atoms with van der Waals surface area (Å²) >= 11 is 0. The molecule has 7 heteroatoms. The summed E-state index contributed by atoms with van der Waals surface area (Å²) in [5.41, 5.74) is 1.07. The van der Waals surface area contributed by atoms with E-state index in [2.05, 4.69) is 20.5 Å². The number of benzene rings is 1. The van der Waals surface area contributed by atoms with E-state index in [0.717, 1.165) is 5.56 Å². The van der Waals surface area contributed by atoms with Gasteiger partial charge in [0.1, 0.15) is 6.61 Å². The second kappa shape index (κ2) is 7.56. The van der Waals surface area contributed by atoms with Crippen LogP contribution in [0.15, 0.2) is 54.9 Å². The Balaban J connectivity index is 1.71. The first-order valence-corrected chi connectivity index (χ1v) is 7.63. The van der Waals surface area contributed by atoms with Crippen LogP contribution in [0.25, 0.3) is 0 Å². The van der Waals surface area contributed by atoms with Crippen LogP contribution in [0.3, 0.4) is 0 Å². The maximum Gasteiger partial charge on any atom is 0.248 e. The van der Waals surface area contributed by atoms with Gasteiger partial charge >= 0.3 is 0 Å². The largest absolute Gasteiger partial charge is 0.377 e. The van der Waals surface area contributed by atoms with Crippen molar-refractivity contribution >= 4 is 11.9 Å². The van der Waals surface area contributed by atoms with Gasteiger partial charge in [-0.1, -0.05) is 30.3 Å². The normalized spacial score (nSPS) is 12.0. The third-order valence-electron chi connectivity index (χ3n) is 3.61. The van der Waals surface area contributed by atoms with Gasteiger partial charge in [-0.05, 0) is 17.7 Å². The zero-order chi connectivity index (χ0) is 16.8. The van der Waals surface area contributed by atoms with Gasteiger partial charge in [-0.3, -0.25) is 15.2 Å². The van der Waals surface area contributed by atoms with E-state index in [4.69, 9.17) is 4.74 Å². The number of aromatic nitrogens is 4. The number of aromatic amines is 1. The van der Waals surface area contributed by atoms with Crippen molar-refractivity contribution in [2.75, 3.05) is 12.4 Å². The van der Waals surface area contributed by atoms with Crippen molar-refractivity contribution < 1.29 is 9.53 Å². The molecule has 0 fully saturated rings. The Labute approximate surface area is 139 Å². The molecule has 24 heavy (non-hydrogen) atoms. The first-order valence-electron chi connectivity index (χ1n) is 7.63. The van der Waals surface area contributed by atoms with Crippen molar-refractivity contribution in [3.63, 3.8) is 0 Å². The summed E-state index contributed by atoms with van der Waals surface area (Å²) in [5.74, 6) is 0.671. The highest BCUT2D eigenvalue weighted by Crippen LogP contribution is 2.22. The molecule has 1 unspecified atom stereocenters. The Bertz CT molecular complexity index is 767. The number of hydrogen-bond donors (Lipinski definition) is 2. The number of nitrogens with one attached hydrogen (secondary N) is 2. The average Bonchev–Trinajstić information content (AvgIpc) is 3.26. The number of rotatable bonds is 7. The standard InChI is InChI=1S/C17H19N5O2/c1-24-12-15-18-17(21-20-15)19-16(23)11-14(22-9-5-6-10-22)13-7-3-2-4-8-13/h2-10,14H,11-12H2,1H3,(H2,18,19,20,21,23). The molecule has 0 aliphatic rings. The molecule has 7 nitrogen and oxygen atoms in total. The Morgan fingerprint density at radius 3 is 2.71 bits per heavy atom. The van der Waals surface area contributed by atoms with Gasteiger partial charge in [0.05, 0.1) is 12.5 Å². The zero-order valence-electron chi connectivity index (χ0n) is 13.3. The molecule has 2 heterocycles. The van der Waals surface area contributed by atoms with Crippen LogP contribution in [0.4, 0.5) is 5.95 Å². The first-order chi connectivity index (χ1) is 11.8. The van der Waals surface area contributed by atoms with Crippen LogP contribution < -0.4 is 5.32 Å². The van der Waals surface area contributed by atoms with E-state index in [1.807, 2.05) is 59.4 Å². The number of carbonyl (C=O) groups excluding carboxylic acids is 1. The maximum absolute atomic E-state index is 12.4. The van der Waals surface area contributed by atoms with Crippen LogP contribution in [-0.4, -0.2) is 32.8 Å². The van der Waals surface area contributed by atoms with Gasteiger partial charge in [0.2, 0.25) is 11.9 Å². The summed E-state index contributed by atoms with van der Waals surface area (Å²) < 4.78 is 6.98. The van der Waals surface area contributed by atoms with E-state index in [-0.39, 0.29) is 24.3 Å². The predicted octanol–water partition coefficient (Wildman–Crippen LogP) is 2.37. The molecule has 124 valence electrons. The fourth-order valence-electron chi connectivity index (χ4n) is 2.53. The molecule has 1 amide bonds. The fourth-order valence-corrected chi connectivity index (χ4v) is 2.53. The Hall–Kier alpha value is -2.93. The van der Waals surface area contributed by atoms with Crippen molar-refractivity contribution in [2.45, 2.75) is 19.1 Å². The molecular weight excluding hydrogens is 306 g/mol. The van der Waals surface area contributed by atoms with Gasteiger partial charge in [0.15, 0.2) is 5.82 Å². The summed E-state index contributed by atoms with van der Waals surface area (Å²) in [7, 11) is 1.57. The molecule has 0 aliphatic carbocycles. The molecule has 0 saturated heterocycles. The van der Waals surface area contributed by atoms with E-state index < -0.39 is 0 Å². The molecule has 1 aromatic carbocycles. The lowest BCUT2D eigenvalue weighted by Crippen LogP contribution is -2.20. The lowest BCUT2D eigenvalue weighted by molar-refractivity contribution is -0.116. The summed E-state index contributed by atoms with van der Waals surface area (Å²) in [6.45, 7) is 0.318. The highest BCUT2D eigenvalue weighted by molar-refractivity contribution is 5.89. The van der Waals surface area contributed by atoms with E-state index in [9.17, 15) is 4.79 Å². The van der Waals surface area contributed by atoms with Crippen LogP contribution in [0.2, 0.25) is 0 Å². The van der Waals surface area contributed by atoms with Crippen molar-refractivity contribution in [1.29, 1.82) is 0 Å². The highest BCUT2D eigenvalue weighted by atomic mass is 16.5. The minimum Gasteiger partial charge on any atom is -0.377 e. The minimum absolute atomic E-state index is 0.0846. The smallest absolute Gasteiger partial charge is 0.248 e. The molecule has 0 bridgehead atoms. The van der Waals surface area contributed by atoms with Crippen molar-refractivity contribution in [3.05, 3.63) is 66.2 Å². The molecule has 3 aromatic rings. The lowest BCUT2D eigenvalue weighted by Gasteiger charge is -2.18. The van der Waals surface area contributed by atoms with Gasteiger partial charge in [-0.15, -0.1) is 5.10 Å². The maximum atomic E-state index is 12.4. The Morgan fingerprint density at radius 2 is 2.00 bits per heavy atom. The third-order valence-corrected chi connectivity index (χ3v) is 3.61. The molecule has 2 N–H and O–H groups in total. The van der Waals surface area contributed by atoms with E-state index in [0.29, 0.717) is 12.4 Å². The van der Waals surface area contributed by atoms with E-state index in [1.165, 1.54) is 0 Å².